The zero-order valence-corrected chi connectivity index (χ0v) is 12.4. The zero-order valence-electron chi connectivity index (χ0n) is 11.6. The number of carbonyl (C=O) groups excluding carboxylic acids is 1. The van der Waals surface area contributed by atoms with Crippen LogP contribution in [0.4, 0.5) is 18.9 Å². The predicted molar refractivity (Wildman–Crippen MR) is 79.5 cm³/mol. The Balaban J connectivity index is 2.14. The number of hydrogen-bond donors (Lipinski definition) is 0. The molecule has 0 aliphatic carbocycles. The van der Waals surface area contributed by atoms with Gasteiger partial charge in [0, 0.05) is 36.5 Å². The van der Waals surface area contributed by atoms with Gasteiger partial charge in [-0.05, 0) is 18.2 Å². The molecule has 1 aliphatic heterocycles. The molecule has 0 radical (unpaired) electrons. The van der Waals surface area contributed by atoms with Gasteiger partial charge >= 0.3 is 0 Å². The van der Waals surface area contributed by atoms with Gasteiger partial charge < -0.3 is 4.90 Å². The molecular weight excluding hydrogens is 329 g/mol. The number of allylic oxidation sites excluding steroid dienone is 1. The number of aromatic nitrogens is 1. The molecule has 2 aromatic rings. The Hall–Kier alpha value is -2.34. The number of halogens is 4. The maximum Gasteiger partial charge on any atom is 0.159 e. The molecule has 7 heteroatoms. The summed E-state index contributed by atoms with van der Waals surface area (Å²) < 4.78 is 41.4. The molecule has 0 spiro atoms. The molecule has 1 aromatic carbocycles. The first-order valence-electron chi connectivity index (χ1n) is 6.71. The van der Waals surface area contributed by atoms with Crippen molar-refractivity contribution < 1.29 is 18.0 Å². The van der Waals surface area contributed by atoms with Crippen molar-refractivity contribution >= 4 is 23.1 Å². The third-order valence-electron chi connectivity index (χ3n) is 3.55. The number of ketones is 1. The lowest BCUT2D eigenvalue weighted by atomic mass is 9.95. The Labute approximate surface area is 135 Å². The van der Waals surface area contributed by atoms with Crippen LogP contribution in [-0.2, 0) is 4.79 Å². The van der Waals surface area contributed by atoms with Crippen LogP contribution in [0.25, 0.3) is 0 Å². The van der Waals surface area contributed by atoms with Gasteiger partial charge in [-0.15, -0.1) is 0 Å². The van der Waals surface area contributed by atoms with E-state index in [0.29, 0.717) is 17.8 Å². The number of benzene rings is 1. The molecule has 3 rings (SSSR count). The van der Waals surface area contributed by atoms with Gasteiger partial charge in [0.1, 0.15) is 17.5 Å². The van der Waals surface area contributed by atoms with Gasteiger partial charge in [0.15, 0.2) is 10.9 Å². The van der Waals surface area contributed by atoms with Crippen LogP contribution in [-0.4, -0.2) is 10.8 Å². The van der Waals surface area contributed by atoms with Crippen molar-refractivity contribution in [2.45, 2.75) is 12.5 Å². The summed E-state index contributed by atoms with van der Waals surface area (Å²) in [5.41, 5.74) is 0.00932. The highest BCUT2D eigenvalue weighted by atomic mass is 35.5. The van der Waals surface area contributed by atoms with Crippen LogP contribution in [0.3, 0.4) is 0 Å². The van der Waals surface area contributed by atoms with Crippen molar-refractivity contribution in [3.8, 4) is 0 Å². The largest absolute Gasteiger partial charge is 0.337 e. The van der Waals surface area contributed by atoms with Crippen molar-refractivity contribution in [1.82, 2.24) is 4.98 Å². The van der Waals surface area contributed by atoms with Crippen LogP contribution >= 0.6 is 11.6 Å². The molecule has 0 amide bonds. The second-order valence-electron chi connectivity index (χ2n) is 5.01. The lowest BCUT2D eigenvalue weighted by Gasteiger charge is -2.33. The molecule has 2 heterocycles. The van der Waals surface area contributed by atoms with Gasteiger partial charge in [-0.2, -0.15) is 0 Å². The van der Waals surface area contributed by atoms with Crippen LogP contribution in [0.5, 0.6) is 0 Å². The Kier molecular flexibility index (Phi) is 4.09. The number of nitrogens with zero attached hydrogens (tertiary/aromatic N) is 2. The second-order valence-corrected chi connectivity index (χ2v) is 5.36. The van der Waals surface area contributed by atoms with Crippen molar-refractivity contribution in [2.24, 2.45) is 0 Å². The Morgan fingerprint density at radius 1 is 1.22 bits per heavy atom. The molecule has 1 aliphatic rings. The summed E-state index contributed by atoms with van der Waals surface area (Å²) in [7, 11) is 0. The van der Waals surface area contributed by atoms with Gasteiger partial charge in [-0.25, -0.2) is 18.2 Å². The number of pyridine rings is 1. The third kappa shape index (κ3) is 2.94. The van der Waals surface area contributed by atoms with E-state index < -0.39 is 23.5 Å². The first kappa shape index (κ1) is 15.6. The number of rotatable bonds is 2. The van der Waals surface area contributed by atoms with E-state index in [1.54, 1.807) is 12.1 Å². The Morgan fingerprint density at radius 3 is 2.57 bits per heavy atom. The van der Waals surface area contributed by atoms with Gasteiger partial charge in [0.05, 0.1) is 11.7 Å². The molecule has 1 aromatic heterocycles. The first-order valence-corrected chi connectivity index (χ1v) is 7.09. The summed E-state index contributed by atoms with van der Waals surface area (Å²) >= 11 is 6.03. The SMILES string of the molecule is O=C1C=CN(c2cccnc2Cl)C(c2c(F)cc(F)cc2F)C1. The van der Waals surface area contributed by atoms with E-state index in [0.717, 1.165) is 0 Å². The maximum atomic E-state index is 14.1. The molecule has 0 bridgehead atoms. The normalized spacial score (nSPS) is 17.7. The summed E-state index contributed by atoms with van der Waals surface area (Å²) in [5.74, 6) is -3.43. The van der Waals surface area contributed by atoms with E-state index in [9.17, 15) is 18.0 Å². The Bertz CT molecular complexity index is 787. The number of hydrogen-bond acceptors (Lipinski definition) is 3. The standard InChI is InChI=1S/C16H10ClF3N2O/c17-16-13(2-1-4-21-16)22-5-3-10(23)8-14(22)15-11(19)6-9(18)7-12(15)20/h1-7,14H,8H2. The van der Waals surface area contributed by atoms with E-state index in [4.69, 9.17) is 11.6 Å². The Morgan fingerprint density at radius 2 is 1.91 bits per heavy atom. The summed E-state index contributed by atoms with van der Waals surface area (Å²) in [5, 5.41) is 0.124. The van der Waals surface area contributed by atoms with Crippen LogP contribution in [0.1, 0.15) is 18.0 Å². The van der Waals surface area contributed by atoms with E-state index in [1.165, 1.54) is 23.4 Å². The molecular formula is C16H10ClF3N2O. The average Bonchev–Trinajstić information content (AvgIpc) is 2.47. The fraction of sp³-hybridized carbons (Fsp3) is 0.125. The molecule has 23 heavy (non-hydrogen) atoms. The first-order chi connectivity index (χ1) is 11.0. The highest BCUT2D eigenvalue weighted by Gasteiger charge is 2.31. The quantitative estimate of drug-likeness (QED) is 0.770. The van der Waals surface area contributed by atoms with Crippen molar-refractivity contribution in [2.75, 3.05) is 4.90 Å². The van der Waals surface area contributed by atoms with Crippen LogP contribution in [0.2, 0.25) is 5.15 Å². The van der Waals surface area contributed by atoms with Gasteiger partial charge in [0.2, 0.25) is 0 Å². The molecule has 0 N–H and O–H groups in total. The molecule has 0 saturated carbocycles. The van der Waals surface area contributed by atoms with Crippen molar-refractivity contribution in [3.63, 3.8) is 0 Å². The maximum absolute atomic E-state index is 14.1. The van der Waals surface area contributed by atoms with E-state index in [2.05, 4.69) is 4.98 Å². The summed E-state index contributed by atoms with van der Waals surface area (Å²) in [4.78, 5) is 17.1. The number of anilines is 1. The highest BCUT2D eigenvalue weighted by molar-refractivity contribution is 6.32. The molecule has 1 atom stereocenters. The van der Waals surface area contributed by atoms with E-state index in [-0.39, 0.29) is 22.9 Å². The summed E-state index contributed by atoms with van der Waals surface area (Å²) in [6.45, 7) is 0. The third-order valence-corrected chi connectivity index (χ3v) is 3.84. The minimum atomic E-state index is -1.05. The van der Waals surface area contributed by atoms with Gasteiger partial charge in [-0.1, -0.05) is 11.6 Å². The van der Waals surface area contributed by atoms with Gasteiger partial charge in [-0.3, -0.25) is 4.79 Å². The summed E-state index contributed by atoms with van der Waals surface area (Å²) in [6, 6.07) is 3.42. The molecule has 1 unspecified atom stereocenters. The van der Waals surface area contributed by atoms with E-state index >= 15 is 0 Å². The van der Waals surface area contributed by atoms with Crippen LogP contribution in [0, 0.1) is 17.5 Å². The molecule has 0 saturated heterocycles. The zero-order chi connectivity index (χ0) is 16.6. The lowest BCUT2D eigenvalue weighted by Crippen LogP contribution is -2.30. The number of carbonyl (C=O) groups is 1. The molecule has 118 valence electrons. The van der Waals surface area contributed by atoms with Crippen molar-refractivity contribution in [3.05, 3.63) is 70.9 Å². The topological polar surface area (TPSA) is 33.2 Å². The second kappa shape index (κ2) is 6.04. The van der Waals surface area contributed by atoms with Crippen LogP contribution in [0.15, 0.2) is 42.7 Å². The van der Waals surface area contributed by atoms with Gasteiger partial charge in [0.25, 0.3) is 0 Å². The fourth-order valence-electron chi connectivity index (χ4n) is 2.56. The minimum absolute atomic E-state index is 0.124. The van der Waals surface area contributed by atoms with Crippen LogP contribution < -0.4 is 4.90 Å². The molecule has 0 fully saturated rings. The monoisotopic (exact) mass is 338 g/mol. The summed E-state index contributed by atoms with van der Waals surface area (Å²) in [6.07, 6.45) is 3.99. The smallest absolute Gasteiger partial charge is 0.159 e. The predicted octanol–water partition coefficient (Wildman–Crippen LogP) is 4.19. The van der Waals surface area contributed by atoms with Crippen molar-refractivity contribution in [1.29, 1.82) is 0 Å². The minimum Gasteiger partial charge on any atom is -0.337 e. The van der Waals surface area contributed by atoms with E-state index in [1.807, 2.05) is 0 Å². The fourth-order valence-corrected chi connectivity index (χ4v) is 2.77. The molecule has 3 nitrogen and oxygen atoms in total. The highest BCUT2D eigenvalue weighted by Crippen LogP contribution is 2.38. The average molecular weight is 339 g/mol. The lowest BCUT2D eigenvalue weighted by molar-refractivity contribution is -0.115.